The molecule has 0 spiro atoms. The predicted molar refractivity (Wildman–Crippen MR) is 52.9 cm³/mol. The van der Waals surface area contributed by atoms with Crippen LogP contribution in [0.1, 0.15) is 27.2 Å². The smallest absolute Gasteiger partial charge is 0.310 e. The minimum atomic E-state index is 0.459. The van der Waals surface area contributed by atoms with Crippen LogP contribution < -0.4 is 0 Å². The molecule has 0 atom stereocenters. The third-order valence-corrected chi connectivity index (χ3v) is 1.64. The summed E-state index contributed by atoms with van der Waals surface area (Å²) in [5.41, 5.74) is 1.12. The highest BCUT2D eigenvalue weighted by molar-refractivity contribution is 5.95. The van der Waals surface area contributed by atoms with Crippen LogP contribution in [0.4, 0.5) is 0 Å². The summed E-state index contributed by atoms with van der Waals surface area (Å²) >= 11 is 0. The first-order valence-electron chi connectivity index (χ1n) is 4.23. The maximum Gasteiger partial charge on any atom is 0.310 e. The first-order chi connectivity index (χ1) is 5.65. The van der Waals surface area contributed by atoms with Gasteiger partial charge in [-0.3, -0.25) is 0 Å². The van der Waals surface area contributed by atoms with Crippen molar-refractivity contribution in [3.05, 3.63) is 0 Å². The van der Waals surface area contributed by atoms with Crippen molar-refractivity contribution in [1.29, 1.82) is 0 Å². The van der Waals surface area contributed by atoms with Gasteiger partial charge in [0.25, 0.3) is 0 Å². The third-order valence-electron chi connectivity index (χ3n) is 1.64. The zero-order valence-electron chi connectivity index (χ0n) is 8.59. The largest absolute Gasteiger partial charge is 0.467 e. The van der Waals surface area contributed by atoms with E-state index < -0.39 is 0 Å². The molecule has 0 aromatic carbocycles. The first-order valence-corrected chi connectivity index (χ1v) is 4.23. The molecule has 0 aromatic rings. The lowest BCUT2D eigenvalue weighted by atomic mass is 10.1. The minimum absolute atomic E-state index is 0.459. The molecule has 0 amide bonds. The zero-order chi connectivity index (χ0) is 9.56. The molecular weight excluding hydrogens is 152 g/mol. The van der Waals surface area contributed by atoms with Crippen LogP contribution >= 0.6 is 0 Å². The van der Waals surface area contributed by atoms with Crippen LogP contribution in [0.2, 0.25) is 0 Å². The Morgan fingerprint density at radius 1 is 1.42 bits per heavy atom. The highest BCUT2D eigenvalue weighted by atomic mass is 16.5. The van der Waals surface area contributed by atoms with Crippen molar-refractivity contribution >= 4 is 11.7 Å². The number of nitrogens with zero attached hydrogens (tertiary/aromatic N) is 2. The molecule has 12 heavy (non-hydrogen) atoms. The summed E-state index contributed by atoms with van der Waals surface area (Å²) < 4.78 is 4.94. The fraction of sp³-hybridized carbons (Fsp3) is 0.778. The minimum Gasteiger partial charge on any atom is -0.467 e. The predicted octanol–water partition coefficient (Wildman–Crippen LogP) is 2.13. The topological polar surface area (TPSA) is 34.0 Å². The average molecular weight is 170 g/mol. The van der Waals surface area contributed by atoms with E-state index in [1.807, 2.05) is 0 Å². The monoisotopic (exact) mass is 170 g/mol. The van der Waals surface area contributed by atoms with E-state index in [4.69, 9.17) is 4.74 Å². The fourth-order valence-corrected chi connectivity index (χ4v) is 0.926. The Labute approximate surface area is 74.6 Å². The van der Waals surface area contributed by atoms with Crippen LogP contribution in [-0.2, 0) is 4.74 Å². The molecule has 0 aliphatic heterocycles. The molecule has 0 radical (unpaired) electrons. The van der Waals surface area contributed by atoms with Gasteiger partial charge >= 0.3 is 6.02 Å². The lowest BCUT2D eigenvalue weighted by Gasteiger charge is -2.07. The molecule has 0 heterocycles. The van der Waals surface area contributed by atoms with E-state index in [1.54, 1.807) is 14.2 Å². The number of hydrogen-bond acceptors (Lipinski definition) is 2. The van der Waals surface area contributed by atoms with Crippen molar-refractivity contribution in [3.63, 3.8) is 0 Å². The molecule has 0 rings (SSSR count). The summed E-state index contributed by atoms with van der Waals surface area (Å²) in [5.74, 6) is 0.460. The second-order valence-corrected chi connectivity index (χ2v) is 2.82. The Morgan fingerprint density at radius 3 is 2.25 bits per heavy atom. The normalized spacial score (nSPS) is 13.8. The van der Waals surface area contributed by atoms with Gasteiger partial charge in [-0.05, 0) is 12.3 Å². The van der Waals surface area contributed by atoms with Gasteiger partial charge in [0.2, 0.25) is 0 Å². The summed E-state index contributed by atoms with van der Waals surface area (Å²) in [7, 11) is 3.26. The van der Waals surface area contributed by atoms with Crippen LogP contribution in [-0.4, -0.2) is 25.9 Å². The quantitative estimate of drug-likeness (QED) is 0.461. The van der Waals surface area contributed by atoms with Gasteiger partial charge in [-0.2, -0.15) is 0 Å². The highest BCUT2D eigenvalue weighted by Crippen LogP contribution is 2.02. The Kier molecular flexibility index (Phi) is 5.34. The van der Waals surface area contributed by atoms with E-state index in [2.05, 4.69) is 30.8 Å². The van der Waals surface area contributed by atoms with Gasteiger partial charge in [0.1, 0.15) is 0 Å². The van der Waals surface area contributed by atoms with E-state index in [0.717, 1.165) is 12.1 Å². The number of ether oxygens (including phenoxy) is 1. The standard InChI is InChI=1S/C9H18N2O/c1-6-8(7(2)3)11-9(10-4)12-5/h7H,6H2,1-5H3. The molecule has 0 unspecified atom stereocenters. The molecule has 0 saturated carbocycles. The van der Waals surface area contributed by atoms with Gasteiger partial charge in [0, 0.05) is 12.8 Å². The summed E-state index contributed by atoms with van der Waals surface area (Å²) in [4.78, 5) is 8.16. The van der Waals surface area contributed by atoms with Crippen molar-refractivity contribution in [2.24, 2.45) is 15.9 Å². The molecule has 0 saturated heterocycles. The van der Waals surface area contributed by atoms with E-state index >= 15 is 0 Å². The Balaban J connectivity index is 4.47. The van der Waals surface area contributed by atoms with Gasteiger partial charge in [-0.25, -0.2) is 9.98 Å². The van der Waals surface area contributed by atoms with E-state index in [0.29, 0.717) is 11.9 Å². The van der Waals surface area contributed by atoms with Crippen LogP contribution in [0.5, 0.6) is 0 Å². The van der Waals surface area contributed by atoms with Crippen LogP contribution in [0.15, 0.2) is 9.98 Å². The molecule has 0 fully saturated rings. The van der Waals surface area contributed by atoms with E-state index in [9.17, 15) is 0 Å². The van der Waals surface area contributed by atoms with Crippen LogP contribution in [0.25, 0.3) is 0 Å². The average Bonchev–Trinajstić information content (AvgIpc) is 2.06. The number of hydrogen-bond donors (Lipinski definition) is 0. The molecule has 0 aliphatic carbocycles. The molecule has 0 aliphatic rings. The van der Waals surface area contributed by atoms with Crippen molar-refractivity contribution in [2.45, 2.75) is 27.2 Å². The molecule has 3 heteroatoms. The van der Waals surface area contributed by atoms with Crippen LogP contribution in [0, 0.1) is 5.92 Å². The van der Waals surface area contributed by atoms with Gasteiger partial charge in [-0.15, -0.1) is 0 Å². The molecule has 0 N–H and O–H groups in total. The van der Waals surface area contributed by atoms with Crippen LogP contribution in [0.3, 0.4) is 0 Å². The number of rotatable bonds is 2. The Hall–Kier alpha value is -0.860. The lowest BCUT2D eigenvalue weighted by molar-refractivity contribution is 0.396. The SMILES string of the molecule is CCC(=NC(=NC)OC)C(C)C. The summed E-state index contributed by atoms with van der Waals surface area (Å²) in [6.07, 6.45) is 0.944. The molecule has 0 aromatic heterocycles. The fourth-order valence-electron chi connectivity index (χ4n) is 0.926. The molecule has 70 valence electrons. The number of aliphatic imine (C=N–C) groups is 2. The van der Waals surface area contributed by atoms with Crippen molar-refractivity contribution in [2.75, 3.05) is 14.2 Å². The van der Waals surface area contributed by atoms with E-state index in [1.165, 1.54) is 0 Å². The maximum atomic E-state index is 4.94. The van der Waals surface area contributed by atoms with Gasteiger partial charge in [-0.1, -0.05) is 20.8 Å². The lowest BCUT2D eigenvalue weighted by Crippen LogP contribution is -2.10. The second kappa shape index (κ2) is 5.75. The Bertz CT molecular complexity index is 183. The molecule has 0 bridgehead atoms. The highest BCUT2D eigenvalue weighted by Gasteiger charge is 2.03. The van der Waals surface area contributed by atoms with Gasteiger partial charge in [0.15, 0.2) is 0 Å². The van der Waals surface area contributed by atoms with Gasteiger partial charge < -0.3 is 4.74 Å². The van der Waals surface area contributed by atoms with Crippen molar-refractivity contribution in [1.82, 2.24) is 0 Å². The zero-order valence-corrected chi connectivity index (χ0v) is 8.59. The number of methoxy groups -OCH3 is 1. The first kappa shape index (κ1) is 11.1. The summed E-state index contributed by atoms with van der Waals surface area (Å²) in [6, 6.07) is 0.459. The van der Waals surface area contributed by atoms with Crippen molar-refractivity contribution in [3.8, 4) is 0 Å². The summed E-state index contributed by atoms with van der Waals surface area (Å²) in [6.45, 7) is 6.32. The second-order valence-electron chi connectivity index (χ2n) is 2.82. The Morgan fingerprint density at radius 2 is 2.00 bits per heavy atom. The number of amidine groups is 1. The van der Waals surface area contributed by atoms with Gasteiger partial charge in [0.05, 0.1) is 7.11 Å². The maximum absolute atomic E-state index is 4.94. The third kappa shape index (κ3) is 3.51. The van der Waals surface area contributed by atoms with E-state index in [-0.39, 0.29) is 0 Å². The van der Waals surface area contributed by atoms with Crippen molar-refractivity contribution < 1.29 is 4.74 Å². The summed E-state index contributed by atoms with van der Waals surface area (Å²) in [5, 5.41) is 0. The molecule has 3 nitrogen and oxygen atoms in total. The molecular formula is C9H18N2O.